The molecule has 0 amide bonds. The van der Waals surface area contributed by atoms with Crippen molar-refractivity contribution < 1.29 is 14.3 Å². The molecular formula is C21H26ClN3O3. The molecule has 0 radical (unpaired) electrons. The third kappa shape index (κ3) is 4.39. The fraction of sp³-hybridized carbons (Fsp3) is 0.333. The van der Waals surface area contributed by atoms with E-state index in [0.717, 1.165) is 41.2 Å². The Labute approximate surface area is 171 Å². The second-order valence-corrected chi connectivity index (χ2v) is 6.48. The molecule has 0 bridgehead atoms. The maximum absolute atomic E-state index is 12.4. The van der Waals surface area contributed by atoms with E-state index in [1.165, 1.54) is 0 Å². The Morgan fingerprint density at radius 1 is 1.32 bits per heavy atom. The Balaban J connectivity index is 0.00000280. The van der Waals surface area contributed by atoms with Crippen molar-refractivity contribution in [2.45, 2.75) is 33.6 Å². The van der Waals surface area contributed by atoms with Crippen LogP contribution in [0.4, 0.5) is 0 Å². The normalized spacial score (nSPS) is 14.5. The fourth-order valence-corrected chi connectivity index (χ4v) is 3.05. The van der Waals surface area contributed by atoms with Gasteiger partial charge in [0.25, 0.3) is 0 Å². The molecule has 0 aromatic carbocycles. The van der Waals surface area contributed by atoms with Gasteiger partial charge in [-0.2, -0.15) is 0 Å². The molecule has 0 aliphatic carbocycles. The van der Waals surface area contributed by atoms with E-state index < -0.39 is 0 Å². The monoisotopic (exact) mass is 403 g/mol. The van der Waals surface area contributed by atoms with E-state index in [2.05, 4.69) is 21.9 Å². The molecule has 28 heavy (non-hydrogen) atoms. The SMILES string of the molecule is CCCCOC(=O)c1c(C)[nH]c(/C=C2\N=C(c3ccc[nH]3)C=C2OC)c1C.Cl. The van der Waals surface area contributed by atoms with Gasteiger partial charge in [-0.3, -0.25) is 0 Å². The third-order valence-electron chi connectivity index (χ3n) is 4.55. The molecule has 0 spiro atoms. The first-order valence-electron chi connectivity index (χ1n) is 9.11. The molecule has 0 fully saturated rings. The van der Waals surface area contributed by atoms with Crippen molar-refractivity contribution in [3.05, 3.63) is 64.1 Å². The molecule has 0 saturated carbocycles. The number of nitrogens with zero attached hydrogens (tertiary/aromatic N) is 1. The van der Waals surface area contributed by atoms with Gasteiger partial charge in [0.1, 0.15) is 11.5 Å². The minimum Gasteiger partial charge on any atom is -0.494 e. The highest BCUT2D eigenvalue weighted by molar-refractivity contribution is 6.11. The summed E-state index contributed by atoms with van der Waals surface area (Å²) in [5.41, 5.74) is 5.49. The number of esters is 1. The predicted octanol–water partition coefficient (Wildman–Crippen LogP) is 4.71. The number of aliphatic imine (C=N–C) groups is 1. The van der Waals surface area contributed by atoms with Crippen LogP contribution in [0, 0.1) is 13.8 Å². The van der Waals surface area contributed by atoms with Crippen molar-refractivity contribution in [1.82, 2.24) is 9.97 Å². The number of rotatable bonds is 7. The van der Waals surface area contributed by atoms with Crippen LogP contribution in [-0.4, -0.2) is 35.4 Å². The number of hydrogen-bond acceptors (Lipinski definition) is 4. The van der Waals surface area contributed by atoms with Crippen LogP contribution in [0.15, 0.2) is 40.9 Å². The fourth-order valence-electron chi connectivity index (χ4n) is 3.05. The Bertz CT molecular complexity index is 921. The summed E-state index contributed by atoms with van der Waals surface area (Å²) in [6.45, 7) is 6.29. The van der Waals surface area contributed by atoms with Gasteiger partial charge in [-0.15, -0.1) is 12.4 Å². The van der Waals surface area contributed by atoms with Crippen molar-refractivity contribution in [1.29, 1.82) is 0 Å². The number of aromatic nitrogens is 2. The van der Waals surface area contributed by atoms with Crippen LogP contribution < -0.4 is 0 Å². The average molecular weight is 404 g/mol. The molecule has 0 atom stereocenters. The van der Waals surface area contributed by atoms with Crippen molar-refractivity contribution in [3.8, 4) is 0 Å². The van der Waals surface area contributed by atoms with Crippen LogP contribution in [-0.2, 0) is 9.47 Å². The molecule has 1 aliphatic rings. The lowest BCUT2D eigenvalue weighted by Crippen LogP contribution is -2.08. The van der Waals surface area contributed by atoms with Gasteiger partial charge in [0.2, 0.25) is 0 Å². The van der Waals surface area contributed by atoms with E-state index in [4.69, 9.17) is 9.47 Å². The summed E-state index contributed by atoms with van der Waals surface area (Å²) in [5, 5.41) is 0. The zero-order valence-corrected chi connectivity index (χ0v) is 17.4. The molecule has 0 saturated heterocycles. The van der Waals surface area contributed by atoms with E-state index in [0.29, 0.717) is 23.6 Å². The molecule has 1 aliphatic heterocycles. The average Bonchev–Trinajstić information content (AvgIpc) is 3.35. The first kappa shape index (κ1) is 21.6. The molecule has 7 heteroatoms. The van der Waals surface area contributed by atoms with Gasteiger partial charge in [-0.1, -0.05) is 13.3 Å². The molecule has 2 N–H and O–H groups in total. The Morgan fingerprint density at radius 2 is 2.11 bits per heavy atom. The Morgan fingerprint density at radius 3 is 2.75 bits per heavy atom. The summed E-state index contributed by atoms with van der Waals surface area (Å²) in [5.74, 6) is 0.391. The number of H-pyrrole nitrogens is 2. The van der Waals surface area contributed by atoms with Gasteiger partial charge >= 0.3 is 5.97 Å². The number of carbonyl (C=O) groups is 1. The number of nitrogens with one attached hydrogen (secondary N) is 2. The zero-order valence-electron chi connectivity index (χ0n) is 16.6. The quantitative estimate of drug-likeness (QED) is 0.518. The standard InChI is InChI=1S/C21H25N3O3.ClH/c1-5-6-10-27-21(25)20-13(2)16(23-14(20)3)11-18-19(26-4)12-17(24-18)15-8-7-9-22-15;/h7-9,11-12,22-23H,5-6,10H2,1-4H3;1H/b18-11-;. The second-order valence-electron chi connectivity index (χ2n) is 6.48. The van der Waals surface area contributed by atoms with Crippen molar-refractivity contribution in [2.24, 2.45) is 4.99 Å². The molecule has 0 unspecified atom stereocenters. The van der Waals surface area contributed by atoms with Gasteiger partial charge in [-0.25, -0.2) is 9.79 Å². The zero-order chi connectivity index (χ0) is 19.4. The van der Waals surface area contributed by atoms with E-state index >= 15 is 0 Å². The van der Waals surface area contributed by atoms with Gasteiger partial charge < -0.3 is 19.4 Å². The lowest BCUT2D eigenvalue weighted by atomic mass is 10.1. The first-order valence-corrected chi connectivity index (χ1v) is 9.11. The maximum Gasteiger partial charge on any atom is 0.340 e. The van der Waals surface area contributed by atoms with Crippen LogP contribution in [0.2, 0.25) is 0 Å². The van der Waals surface area contributed by atoms with Crippen molar-refractivity contribution in [3.63, 3.8) is 0 Å². The van der Waals surface area contributed by atoms with Crippen LogP contribution >= 0.6 is 12.4 Å². The Hall–Kier alpha value is -2.73. The largest absolute Gasteiger partial charge is 0.494 e. The lowest BCUT2D eigenvalue weighted by molar-refractivity contribution is 0.0498. The molecule has 3 heterocycles. The number of carbonyl (C=O) groups excluding carboxylic acids is 1. The summed E-state index contributed by atoms with van der Waals surface area (Å²) < 4.78 is 10.8. The Kier molecular flexibility index (Phi) is 7.29. The number of hydrogen-bond donors (Lipinski definition) is 2. The van der Waals surface area contributed by atoms with Crippen LogP contribution in [0.25, 0.3) is 6.08 Å². The molecule has 150 valence electrons. The van der Waals surface area contributed by atoms with Crippen molar-refractivity contribution in [2.75, 3.05) is 13.7 Å². The van der Waals surface area contributed by atoms with Crippen LogP contribution in [0.3, 0.4) is 0 Å². The number of ether oxygens (including phenoxy) is 2. The van der Waals surface area contributed by atoms with Crippen LogP contribution in [0.1, 0.15) is 52.8 Å². The second kappa shape index (κ2) is 9.46. The van der Waals surface area contributed by atoms with Gasteiger partial charge in [0, 0.05) is 23.7 Å². The van der Waals surface area contributed by atoms with Crippen molar-refractivity contribution >= 4 is 30.2 Å². The highest BCUT2D eigenvalue weighted by atomic mass is 35.5. The lowest BCUT2D eigenvalue weighted by Gasteiger charge is -2.04. The highest BCUT2D eigenvalue weighted by Gasteiger charge is 2.21. The number of methoxy groups -OCH3 is 1. The van der Waals surface area contributed by atoms with Gasteiger partial charge in [0.15, 0.2) is 0 Å². The van der Waals surface area contributed by atoms with Gasteiger partial charge in [0.05, 0.1) is 30.7 Å². The molecule has 2 aromatic rings. The highest BCUT2D eigenvalue weighted by Crippen LogP contribution is 2.27. The van der Waals surface area contributed by atoms with Crippen LogP contribution in [0.5, 0.6) is 0 Å². The molecule has 3 rings (SSSR count). The summed E-state index contributed by atoms with van der Waals surface area (Å²) in [7, 11) is 1.62. The summed E-state index contributed by atoms with van der Waals surface area (Å²) in [6.07, 6.45) is 7.50. The number of unbranched alkanes of at least 4 members (excludes halogenated alkanes) is 1. The smallest absolute Gasteiger partial charge is 0.340 e. The first-order chi connectivity index (χ1) is 13.0. The number of allylic oxidation sites excluding steroid dienone is 1. The summed E-state index contributed by atoms with van der Waals surface area (Å²) >= 11 is 0. The number of aromatic amines is 2. The molecular weight excluding hydrogens is 378 g/mol. The minimum atomic E-state index is -0.288. The van der Waals surface area contributed by atoms with Gasteiger partial charge in [-0.05, 0) is 44.0 Å². The molecule has 2 aromatic heterocycles. The van der Waals surface area contributed by atoms with E-state index in [1.807, 2.05) is 44.3 Å². The van der Waals surface area contributed by atoms with E-state index in [9.17, 15) is 4.79 Å². The maximum atomic E-state index is 12.4. The molecule has 6 nitrogen and oxygen atoms in total. The summed E-state index contributed by atoms with van der Waals surface area (Å²) in [4.78, 5) is 23.5. The summed E-state index contributed by atoms with van der Waals surface area (Å²) in [6, 6.07) is 3.88. The predicted molar refractivity (Wildman–Crippen MR) is 113 cm³/mol. The number of aryl methyl sites for hydroxylation is 1. The minimum absolute atomic E-state index is 0. The van der Waals surface area contributed by atoms with E-state index in [1.54, 1.807) is 7.11 Å². The van der Waals surface area contributed by atoms with E-state index in [-0.39, 0.29) is 18.4 Å². The number of halogens is 1. The third-order valence-corrected chi connectivity index (χ3v) is 4.55. The topological polar surface area (TPSA) is 79.5 Å².